The van der Waals surface area contributed by atoms with Gasteiger partial charge in [-0.15, -0.1) is 12.4 Å². The number of nitrogens with one attached hydrogen (secondary N) is 1. The Balaban J connectivity index is 0.00000256. The molecule has 5 heteroatoms. The number of rotatable bonds is 5. The van der Waals surface area contributed by atoms with Gasteiger partial charge >= 0.3 is 0 Å². The number of aliphatic hydroxyl groups is 1. The van der Waals surface area contributed by atoms with E-state index in [0.717, 1.165) is 6.42 Å². The average molecular weight is 259 g/mol. The van der Waals surface area contributed by atoms with Crippen LogP contribution in [-0.4, -0.2) is 23.7 Å². The Hall–Kier alpha value is -1.26. The summed E-state index contributed by atoms with van der Waals surface area (Å²) in [6.45, 7) is 2.07. The Morgan fingerprint density at radius 2 is 2.24 bits per heavy atom. The van der Waals surface area contributed by atoms with Gasteiger partial charge in [0.25, 0.3) is 5.91 Å². The molecule has 1 atom stereocenters. The minimum Gasteiger partial charge on any atom is -0.399 e. The second-order valence-electron chi connectivity index (χ2n) is 3.87. The van der Waals surface area contributed by atoms with Crippen LogP contribution in [0.2, 0.25) is 0 Å². The zero-order chi connectivity index (χ0) is 12.0. The lowest BCUT2D eigenvalue weighted by Gasteiger charge is -2.13. The number of amides is 1. The third kappa shape index (κ3) is 5.56. The van der Waals surface area contributed by atoms with Crippen molar-refractivity contribution in [2.45, 2.75) is 25.8 Å². The van der Waals surface area contributed by atoms with E-state index in [1.54, 1.807) is 24.3 Å². The van der Waals surface area contributed by atoms with Crippen LogP contribution >= 0.6 is 12.4 Å². The molecule has 0 aliphatic rings. The van der Waals surface area contributed by atoms with E-state index >= 15 is 0 Å². The van der Waals surface area contributed by atoms with Crippen LogP contribution in [0.5, 0.6) is 0 Å². The number of anilines is 1. The van der Waals surface area contributed by atoms with Crippen LogP contribution in [0.3, 0.4) is 0 Å². The number of carbonyl (C=O) groups excluding carboxylic acids is 1. The van der Waals surface area contributed by atoms with E-state index < -0.39 is 0 Å². The Morgan fingerprint density at radius 1 is 1.53 bits per heavy atom. The minimum absolute atomic E-state index is 0. The van der Waals surface area contributed by atoms with Gasteiger partial charge in [0.05, 0.1) is 0 Å². The molecule has 0 bridgehead atoms. The van der Waals surface area contributed by atoms with E-state index in [-0.39, 0.29) is 31.0 Å². The van der Waals surface area contributed by atoms with Crippen molar-refractivity contribution in [3.05, 3.63) is 29.8 Å². The first-order valence-electron chi connectivity index (χ1n) is 5.40. The quantitative estimate of drug-likeness (QED) is 0.702. The Labute approximate surface area is 108 Å². The number of benzene rings is 1. The van der Waals surface area contributed by atoms with Crippen molar-refractivity contribution in [3.8, 4) is 0 Å². The van der Waals surface area contributed by atoms with Gasteiger partial charge < -0.3 is 16.2 Å². The number of nitrogens with two attached hydrogens (primary N) is 1. The van der Waals surface area contributed by atoms with Crippen LogP contribution in [0.25, 0.3) is 0 Å². The van der Waals surface area contributed by atoms with E-state index in [1.807, 2.05) is 6.92 Å². The highest BCUT2D eigenvalue weighted by Crippen LogP contribution is 2.07. The van der Waals surface area contributed by atoms with E-state index in [1.165, 1.54) is 0 Å². The molecule has 4 nitrogen and oxygen atoms in total. The summed E-state index contributed by atoms with van der Waals surface area (Å²) in [7, 11) is 0. The fraction of sp³-hybridized carbons (Fsp3) is 0.417. The lowest BCUT2D eigenvalue weighted by Crippen LogP contribution is -2.32. The highest BCUT2D eigenvalue weighted by Gasteiger charge is 2.09. The fourth-order valence-electron chi connectivity index (χ4n) is 1.46. The third-order valence-electron chi connectivity index (χ3n) is 2.32. The van der Waals surface area contributed by atoms with Crippen molar-refractivity contribution in [1.29, 1.82) is 0 Å². The molecule has 1 amide bonds. The van der Waals surface area contributed by atoms with Gasteiger partial charge in [0.1, 0.15) is 0 Å². The summed E-state index contributed by atoms with van der Waals surface area (Å²) in [5, 5.41) is 11.5. The normalized spacial score (nSPS) is 11.4. The van der Waals surface area contributed by atoms with Crippen molar-refractivity contribution in [2.75, 3.05) is 12.3 Å². The standard InChI is InChI=1S/C12H18N2O2.ClH/c1-9(4-3-7-15)14-12(16)10-5-2-6-11(13)8-10;/h2,5-6,8-9,15H,3-4,7,13H2,1H3,(H,14,16);1H. The monoisotopic (exact) mass is 258 g/mol. The molecule has 96 valence electrons. The SMILES string of the molecule is CC(CCCO)NC(=O)c1cccc(N)c1.Cl. The van der Waals surface area contributed by atoms with Crippen LogP contribution in [0.4, 0.5) is 5.69 Å². The predicted octanol–water partition coefficient (Wildman–Crippen LogP) is 1.58. The summed E-state index contributed by atoms with van der Waals surface area (Å²) in [6, 6.07) is 6.92. The molecule has 0 aliphatic heterocycles. The van der Waals surface area contributed by atoms with E-state index in [4.69, 9.17) is 10.8 Å². The molecule has 0 saturated carbocycles. The van der Waals surface area contributed by atoms with Gasteiger partial charge in [-0.2, -0.15) is 0 Å². The van der Waals surface area contributed by atoms with Crippen LogP contribution in [0, 0.1) is 0 Å². The molecule has 1 aromatic rings. The maximum absolute atomic E-state index is 11.7. The first-order valence-corrected chi connectivity index (χ1v) is 5.40. The van der Waals surface area contributed by atoms with Gasteiger partial charge in [-0.1, -0.05) is 6.07 Å². The number of hydrogen-bond acceptors (Lipinski definition) is 3. The smallest absolute Gasteiger partial charge is 0.251 e. The maximum Gasteiger partial charge on any atom is 0.251 e. The molecule has 0 radical (unpaired) electrons. The Kier molecular flexibility index (Phi) is 7.34. The van der Waals surface area contributed by atoms with Gasteiger partial charge in [0, 0.05) is 23.9 Å². The van der Waals surface area contributed by atoms with Gasteiger partial charge in [0.2, 0.25) is 0 Å². The molecular weight excluding hydrogens is 240 g/mol. The summed E-state index contributed by atoms with van der Waals surface area (Å²) in [4.78, 5) is 11.7. The summed E-state index contributed by atoms with van der Waals surface area (Å²) in [6.07, 6.45) is 1.46. The Bertz CT molecular complexity index is 358. The summed E-state index contributed by atoms with van der Waals surface area (Å²) >= 11 is 0. The van der Waals surface area contributed by atoms with Crippen LogP contribution in [-0.2, 0) is 0 Å². The van der Waals surface area contributed by atoms with E-state index in [2.05, 4.69) is 5.32 Å². The van der Waals surface area contributed by atoms with E-state index in [0.29, 0.717) is 17.7 Å². The van der Waals surface area contributed by atoms with Crippen LogP contribution in [0.1, 0.15) is 30.1 Å². The molecule has 1 rings (SSSR count). The molecule has 0 saturated heterocycles. The van der Waals surface area contributed by atoms with Gasteiger partial charge in [-0.25, -0.2) is 0 Å². The number of carbonyl (C=O) groups is 1. The number of hydrogen-bond donors (Lipinski definition) is 3. The molecule has 0 spiro atoms. The summed E-state index contributed by atoms with van der Waals surface area (Å²) < 4.78 is 0. The molecular formula is C12H19ClN2O2. The summed E-state index contributed by atoms with van der Waals surface area (Å²) in [5.41, 5.74) is 6.74. The first kappa shape index (κ1) is 15.7. The highest BCUT2D eigenvalue weighted by atomic mass is 35.5. The molecule has 17 heavy (non-hydrogen) atoms. The topological polar surface area (TPSA) is 75.3 Å². The third-order valence-corrected chi connectivity index (χ3v) is 2.32. The first-order chi connectivity index (χ1) is 7.63. The van der Waals surface area contributed by atoms with Gasteiger partial charge in [-0.05, 0) is 38.0 Å². The number of halogens is 1. The molecule has 1 unspecified atom stereocenters. The van der Waals surface area contributed by atoms with Crippen molar-refractivity contribution in [1.82, 2.24) is 5.32 Å². The van der Waals surface area contributed by atoms with Crippen LogP contribution in [0.15, 0.2) is 24.3 Å². The predicted molar refractivity (Wildman–Crippen MR) is 71.4 cm³/mol. The second-order valence-corrected chi connectivity index (χ2v) is 3.87. The largest absolute Gasteiger partial charge is 0.399 e. The van der Waals surface area contributed by atoms with Gasteiger partial charge in [0.15, 0.2) is 0 Å². The maximum atomic E-state index is 11.7. The molecule has 0 aliphatic carbocycles. The Morgan fingerprint density at radius 3 is 2.82 bits per heavy atom. The van der Waals surface area contributed by atoms with Crippen molar-refractivity contribution >= 4 is 24.0 Å². The molecule has 0 aromatic heterocycles. The zero-order valence-electron chi connectivity index (χ0n) is 9.85. The lowest BCUT2D eigenvalue weighted by atomic mass is 10.1. The highest BCUT2D eigenvalue weighted by molar-refractivity contribution is 5.95. The minimum atomic E-state index is -0.127. The fourth-order valence-corrected chi connectivity index (χ4v) is 1.46. The lowest BCUT2D eigenvalue weighted by molar-refractivity contribution is 0.0936. The molecule has 1 aromatic carbocycles. The molecule has 0 fully saturated rings. The van der Waals surface area contributed by atoms with Crippen molar-refractivity contribution in [3.63, 3.8) is 0 Å². The number of aliphatic hydroxyl groups excluding tert-OH is 1. The second kappa shape index (κ2) is 7.92. The number of nitrogen functional groups attached to an aromatic ring is 1. The average Bonchev–Trinajstić information content (AvgIpc) is 2.26. The van der Waals surface area contributed by atoms with Crippen molar-refractivity contribution < 1.29 is 9.90 Å². The van der Waals surface area contributed by atoms with E-state index in [9.17, 15) is 4.79 Å². The zero-order valence-corrected chi connectivity index (χ0v) is 10.7. The summed E-state index contributed by atoms with van der Waals surface area (Å²) in [5.74, 6) is -0.127. The molecule has 0 heterocycles. The molecule has 4 N–H and O–H groups in total. The van der Waals surface area contributed by atoms with Crippen molar-refractivity contribution in [2.24, 2.45) is 0 Å². The van der Waals surface area contributed by atoms with Crippen LogP contribution < -0.4 is 11.1 Å². The van der Waals surface area contributed by atoms with Gasteiger partial charge in [-0.3, -0.25) is 4.79 Å².